The molecular weight excluding hydrogens is 190 g/mol. The maximum absolute atomic E-state index is 11.0. The number of Topliss-reactive ketones (excluding diaryl/α,β-unsaturated/α-hetero) is 1. The average Bonchev–Trinajstić information content (AvgIpc) is 2.18. The van der Waals surface area contributed by atoms with E-state index in [4.69, 9.17) is 11.2 Å². The van der Waals surface area contributed by atoms with Gasteiger partial charge in [-0.1, -0.05) is 5.92 Å². The summed E-state index contributed by atoms with van der Waals surface area (Å²) in [6.45, 7) is 5.03. The Morgan fingerprint density at radius 3 is 2.60 bits per heavy atom. The van der Waals surface area contributed by atoms with Gasteiger partial charge in [-0.3, -0.25) is 4.79 Å². The van der Waals surface area contributed by atoms with Gasteiger partial charge in [0.2, 0.25) is 0 Å². The van der Waals surface area contributed by atoms with Crippen LogP contribution in [-0.4, -0.2) is 16.4 Å². The van der Waals surface area contributed by atoms with Crippen molar-refractivity contribution in [2.75, 3.05) is 0 Å². The van der Waals surface area contributed by atoms with Crippen LogP contribution < -0.4 is 4.74 Å². The van der Waals surface area contributed by atoms with E-state index in [0.29, 0.717) is 11.4 Å². The van der Waals surface area contributed by atoms with Crippen LogP contribution in [0.15, 0.2) is 18.3 Å². The van der Waals surface area contributed by atoms with Gasteiger partial charge in [-0.2, -0.15) is 0 Å². The molecule has 0 saturated heterocycles. The zero-order valence-corrected chi connectivity index (χ0v) is 9.07. The highest BCUT2D eigenvalue weighted by Crippen LogP contribution is 2.16. The maximum atomic E-state index is 11.0. The van der Waals surface area contributed by atoms with Gasteiger partial charge in [0.1, 0.15) is 11.4 Å². The molecule has 3 heteroatoms. The molecule has 3 nitrogen and oxygen atoms in total. The molecule has 0 radical (unpaired) electrons. The van der Waals surface area contributed by atoms with E-state index in [2.05, 4.69) is 10.9 Å². The molecule has 0 unspecified atom stereocenters. The summed E-state index contributed by atoms with van der Waals surface area (Å²) in [6.07, 6.45) is 6.78. The summed E-state index contributed by atoms with van der Waals surface area (Å²) in [7, 11) is 0. The third-order valence-electron chi connectivity index (χ3n) is 1.82. The van der Waals surface area contributed by atoms with Crippen LogP contribution in [0.4, 0.5) is 0 Å². The minimum atomic E-state index is -0.667. The van der Waals surface area contributed by atoms with Gasteiger partial charge < -0.3 is 4.74 Å². The predicted octanol–water partition coefficient (Wildman–Crippen LogP) is 2.07. The number of rotatable bonds is 3. The highest BCUT2D eigenvalue weighted by molar-refractivity contribution is 5.92. The number of carbonyl (C=O) groups is 1. The summed E-state index contributed by atoms with van der Waals surface area (Å²) in [6, 6.07) is 3.30. The Morgan fingerprint density at radius 2 is 2.20 bits per heavy atom. The fraction of sp³-hybridized carbons (Fsp3) is 0.333. The Hall–Kier alpha value is -1.82. The van der Waals surface area contributed by atoms with E-state index in [0.717, 1.165) is 0 Å². The lowest BCUT2D eigenvalue weighted by molar-refractivity contribution is 0.101. The van der Waals surface area contributed by atoms with Gasteiger partial charge in [0, 0.05) is 6.92 Å². The summed E-state index contributed by atoms with van der Waals surface area (Å²) in [5.74, 6) is 3.00. The third-order valence-corrected chi connectivity index (χ3v) is 1.82. The van der Waals surface area contributed by atoms with Crippen molar-refractivity contribution in [3.63, 3.8) is 0 Å². The zero-order valence-electron chi connectivity index (χ0n) is 9.07. The SMILES string of the molecule is C#CC(C)(C)Oc1ccc(C(C)=O)nc1. The van der Waals surface area contributed by atoms with Crippen molar-refractivity contribution < 1.29 is 9.53 Å². The topological polar surface area (TPSA) is 39.2 Å². The number of terminal acetylenes is 1. The van der Waals surface area contributed by atoms with Gasteiger partial charge in [-0.25, -0.2) is 4.98 Å². The van der Waals surface area contributed by atoms with Crippen LogP contribution in [0.2, 0.25) is 0 Å². The minimum absolute atomic E-state index is 0.0715. The lowest BCUT2D eigenvalue weighted by atomic mass is 10.1. The van der Waals surface area contributed by atoms with Crippen LogP contribution in [0.5, 0.6) is 5.75 Å². The standard InChI is InChI=1S/C12H13NO2/c1-5-12(3,4)15-10-6-7-11(9(2)14)13-8-10/h1,6-8H,2-4H3. The number of ketones is 1. The first-order valence-corrected chi connectivity index (χ1v) is 4.58. The number of aromatic nitrogens is 1. The number of hydrogen-bond donors (Lipinski definition) is 0. The summed E-state index contributed by atoms with van der Waals surface area (Å²) in [4.78, 5) is 14.9. The van der Waals surface area contributed by atoms with Gasteiger partial charge in [0.05, 0.1) is 6.20 Å². The van der Waals surface area contributed by atoms with Crippen molar-refractivity contribution in [3.8, 4) is 18.1 Å². The minimum Gasteiger partial charge on any atom is -0.474 e. The lowest BCUT2D eigenvalue weighted by Crippen LogP contribution is -2.25. The van der Waals surface area contributed by atoms with Crippen LogP contribution in [0.25, 0.3) is 0 Å². The summed E-state index contributed by atoms with van der Waals surface area (Å²) >= 11 is 0. The first kappa shape index (κ1) is 11.3. The van der Waals surface area contributed by atoms with E-state index in [1.165, 1.54) is 13.1 Å². The van der Waals surface area contributed by atoms with Gasteiger partial charge in [0.15, 0.2) is 11.4 Å². The highest BCUT2D eigenvalue weighted by Gasteiger charge is 2.15. The van der Waals surface area contributed by atoms with Crippen LogP contribution in [-0.2, 0) is 0 Å². The lowest BCUT2D eigenvalue weighted by Gasteiger charge is -2.19. The number of ether oxygens (including phenoxy) is 1. The Bertz CT molecular complexity index is 399. The largest absolute Gasteiger partial charge is 0.474 e. The molecule has 0 aromatic carbocycles. The molecule has 0 saturated carbocycles. The van der Waals surface area contributed by atoms with Gasteiger partial charge in [-0.15, -0.1) is 6.42 Å². The molecule has 1 aromatic heterocycles. The first-order valence-electron chi connectivity index (χ1n) is 4.58. The Morgan fingerprint density at radius 1 is 1.53 bits per heavy atom. The van der Waals surface area contributed by atoms with Crippen LogP contribution >= 0.6 is 0 Å². The van der Waals surface area contributed by atoms with E-state index in [1.807, 2.05) is 0 Å². The summed E-state index contributed by atoms with van der Waals surface area (Å²) < 4.78 is 5.48. The van der Waals surface area contributed by atoms with E-state index < -0.39 is 5.60 Å². The van der Waals surface area contributed by atoms with Crippen LogP contribution in [0.1, 0.15) is 31.3 Å². The second-order valence-corrected chi connectivity index (χ2v) is 3.69. The molecule has 1 aromatic rings. The second kappa shape index (κ2) is 4.14. The number of nitrogens with zero attached hydrogens (tertiary/aromatic N) is 1. The molecule has 0 aliphatic carbocycles. The Kier molecular flexibility index (Phi) is 3.11. The van der Waals surface area contributed by atoms with Crippen molar-refractivity contribution in [2.45, 2.75) is 26.4 Å². The van der Waals surface area contributed by atoms with Crippen LogP contribution in [0, 0.1) is 12.3 Å². The molecule has 15 heavy (non-hydrogen) atoms. The summed E-state index contributed by atoms with van der Waals surface area (Å²) in [5, 5.41) is 0. The molecule has 1 heterocycles. The molecule has 0 amide bonds. The quantitative estimate of drug-likeness (QED) is 0.557. The first-order chi connectivity index (χ1) is 6.94. The normalized spacial score (nSPS) is 10.5. The van der Waals surface area contributed by atoms with Crippen molar-refractivity contribution in [3.05, 3.63) is 24.0 Å². The van der Waals surface area contributed by atoms with Crippen molar-refractivity contribution >= 4 is 5.78 Å². The molecule has 0 fully saturated rings. The van der Waals surface area contributed by atoms with Gasteiger partial charge in [-0.05, 0) is 26.0 Å². The number of hydrogen-bond acceptors (Lipinski definition) is 3. The zero-order chi connectivity index (χ0) is 11.5. The second-order valence-electron chi connectivity index (χ2n) is 3.69. The molecule has 0 bridgehead atoms. The molecule has 78 valence electrons. The third kappa shape index (κ3) is 3.10. The molecule has 1 rings (SSSR count). The number of carbonyl (C=O) groups excluding carboxylic acids is 1. The molecule has 0 spiro atoms. The predicted molar refractivity (Wildman–Crippen MR) is 57.8 cm³/mol. The van der Waals surface area contributed by atoms with E-state index in [1.54, 1.807) is 26.0 Å². The summed E-state index contributed by atoms with van der Waals surface area (Å²) in [5.41, 5.74) is -0.250. The highest BCUT2D eigenvalue weighted by atomic mass is 16.5. The smallest absolute Gasteiger partial charge is 0.178 e. The Labute approximate surface area is 89.5 Å². The Balaban J connectivity index is 2.83. The number of pyridine rings is 1. The maximum Gasteiger partial charge on any atom is 0.178 e. The van der Waals surface area contributed by atoms with E-state index >= 15 is 0 Å². The van der Waals surface area contributed by atoms with Crippen molar-refractivity contribution in [2.24, 2.45) is 0 Å². The fourth-order valence-corrected chi connectivity index (χ4v) is 0.973. The molecule has 0 aliphatic heterocycles. The molecule has 0 aliphatic rings. The van der Waals surface area contributed by atoms with E-state index in [-0.39, 0.29) is 5.78 Å². The molecule has 0 atom stereocenters. The molecular formula is C12H13NO2. The van der Waals surface area contributed by atoms with Crippen LogP contribution in [0.3, 0.4) is 0 Å². The fourth-order valence-electron chi connectivity index (χ4n) is 0.973. The van der Waals surface area contributed by atoms with Gasteiger partial charge in [0.25, 0.3) is 0 Å². The van der Waals surface area contributed by atoms with Gasteiger partial charge >= 0.3 is 0 Å². The van der Waals surface area contributed by atoms with E-state index in [9.17, 15) is 4.79 Å². The average molecular weight is 203 g/mol. The molecule has 0 N–H and O–H groups in total. The monoisotopic (exact) mass is 203 g/mol. The van der Waals surface area contributed by atoms with Crippen molar-refractivity contribution in [1.82, 2.24) is 4.98 Å². The van der Waals surface area contributed by atoms with Crippen molar-refractivity contribution in [1.29, 1.82) is 0 Å².